The summed E-state index contributed by atoms with van der Waals surface area (Å²) in [6.07, 6.45) is 1.59. The Morgan fingerprint density at radius 3 is 2.85 bits per heavy atom. The molecule has 0 saturated carbocycles. The van der Waals surface area contributed by atoms with Gasteiger partial charge in [0, 0.05) is 24.0 Å². The molecular formula is C14H15FN2O2S. The summed E-state index contributed by atoms with van der Waals surface area (Å²) in [6.45, 7) is 1.31. The first-order chi connectivity index (χ1) is 9.66. The number of nitrogens with two attached hydrogens (primary N) is 1. The lowest BCUT2D eigenvalue weighted by molar-refractivity contribution is 0.0699. The van der Waals surface area contributed by atoms with Crippen molar-refractivity contribution in [3.8, 4) is 0 Å². The Labute approximate surface area is 119 Å². The smallest absolute Gasteiger partial charge is 0.263 e. The molecule has 3 N–H and O–H groups in total. The molecule has 6 heteroatoms. The number of anilines is 1. The first-order valence-corrected chi connectivity index (χ1v) is 7.33. The monoisotopic (exact) mass is 294 g/mol. The number of amides is 1. The zero-order chi connectivity index (χ0) is 14.1. The zero-order valence-corrected chi connectivity index (χ0v) is 11.6. The number of halogens is 1. The van der Waals surface area contributed by atoms with E-state index in [1.165, 1.54) is 17.4 Å². The molecule has 0 unspecified atom stereocenters. The Balaban J connectivity index is 1.87. The van der Waals surface area contributed by atoms with Gasteiger partial charge in [-0.15, -0.1) is 11.3 Å². The Morgan fingerprint density at radius 1 is 1.40 bits per heavy atom. The average molecular weight is 294 g/mol. The quantitative estimate of drug-likeness (QED) is 0.894. The van der Waals surface area contributed by atoms with Gasteiger partial charge in [-0.25, -0.2) is 4.39 Å². The van der Waals surface area contributed by atoms with Crippen molar-refractivity contribution in [3.05, 3.63) is 28.9 Å². The van der Waals surface area contributed by atoms with Crippen molar-refractivity contribution in [1.29, 1.82) is 0 Å². The van der Waals surface area contributed by atoms with Crippen LogP contribution in [0.25, 0.3) is 10.1 Å². The molecule has 4 nitrogen and oxygen atoms in total. The van der Waals surface area contributed by atoms with Crippen molar-refractivity contribution in [2.24, 2.45) is 0 Å². The molecule has 1 fully saturated rings. The predicted octanol–water partition coefficient (Wildman–Crippen LogP) is 2.53. The molecule has 1 saturated heterocycles. The first-order valence-electron chi connectivity index (χ1n) is 6.52. The molecule has 106 valence electrons. The number of carbonyl (C=O) groups excluding carboxylic acids is 1. The second-order valence-electron chi connectivity index (χ2n) is 4.82. The van der Waals surface area contributed by atoms with Crippen LogP contribution in [0.15, 0.2) is 18.2 Å². The van der Waals surface area contributed by atoms with E-state index in [1.807, 2.05) is 0 Å². The fraction of sp³-hybridized carbons (Fsp3) is 0.357. The highest BCUT2D eigenvalue weighted by Gasteiger charge is 2.22. The van der Waals surface area contributed by atoms with Gasteiger partial charge in [-0.1, -0.05) is 6.07 Å². The third-order valence-electron chi connectivity index (χ3n) is 3.46. The standard InChI is InChI=1S/C14H15FN2O2S/c15-9-2-1-3-10-11(9)12(16)13(20-10)14(18)17-8-4-6-19-7-5-8/h1-3,8H,4-7,16H2,(H,17,18). The molecule has 1 amide bonds. The Morgan fingerprint density at radius 2 is 2.15 bits per heavy atom. The normalized spacial score (nSPS) is 16.4. The maximum Gasteiger partial charge on any atom is 0.263 e. The molecular weight excluding hydrogens is 279 g/mol. The number of hydrogen-bond donors (Lipinski definition) is 2. The van der Waals surface area contributed by atoms with Crippen LogP contribution in [-0.2, 0) is 4.74 Å². The molecule has 0 radical (unpaired) electrons. The minimum Gasteiger partial charge on any atom is -0.397 e. The van der Waals surface area contributed by atoms with E-state index in [9.17, 15) is 9.18 Å². The summed E-state index contributed by atoms with van der Waals surface area (Å²) in [4.78, 5) is 12.7. The van der Waals surface area contributed by atoms with Crippen LogP contribution in [0.4, 0.5) is 10.1 Å². The SMILES string of the molecule is Nc1c(C(=O)NC2CCOCC2)sc2cccc(F)c12. The summed E-state index contributed by atoms with van der Waals surface area (Å²) < 4.78 is 19.7. The highest BCUT2D eigenvalue weighted by Crippen LogP contribution is 2.35. The molecule has 3 rings (SSSR count). The van der Waals surface area contributed by atoms with Crippen molar-refractivity contribution in [3.63, 3.8) is 0 Å². The molecule has 1 aliphatic rings. The maximum absolute atomic E-state index is 13.8. The Hall–Kier alpha value is -1.66. The summed E-state index contributed by atoms with van der Waals surface area (Å²) in [5, 5.41) is 3.29. The molecule has 0 atom stereocenters. The van der Waals surface area contributed by atoms with E-state index < -0.39 is 0 Å². The number of fused-ring (bicyclic) bond motifs is 1. The number of thiophene rings is 1. The summed E-state index contributed by atoms with van der Waals surface area (Å²) in [5.41, 5.74) is 6.16. The molecule has 2 aromatic rings. The third kappa shape index (κ3) is 2.36. The second-order valence-corrected chi connectivity index (χ2v) is 5.87. The van der Waals surface area contributed by atoms with Gasteiger partial charge >= 0.3 is 0 Å². The van der Waals surface area contributed by atoms with Crippen LogP contribution < -0.4 is 11.1 Å². The van der Waals surface area contributed by atoms with E-state index in [1.54, 1.807) is 12.1 Å². The molecule has 0 aliphatic carbocycles. The van der Waals surface area contributed by atoms with Crippen LogP contribution in [0.3, 0.4) is 0 Å². The second kappa shape index (κ2) is 5.38. The summed E-state index contributed by atoms with van der Waals surface area (Å²) >= 11 is 1.23. The zero-order valence-electron chi connectivity index (χ0n) is 10.8. The highest BCUT2D eigenvalue weighted by atomic mass is 32.1. The van der Waals surface area contributed by atoms with Crippen LogP contribution in [0, 0.1) is 5.82 Å². The van der Waals surface area contributed by atoms with Gasteiger partial charge in [0.1, 0.15) is 10.7 Å². The Bertz CT molecular complexity index is 650. The van der Waals surface area contributed by atoms with E-state index in [0.717, 1.165) is 12.8 Å². The van der Waals surface area contributed by atoms with E-state index in [0.29, 0.717) is 28.2 Å². The predicted molar refractivity (Wildman–Crippen MR) is 77.5 cm³/mol. The maximum atomic E-state index is 13.8. The fourth-order valence-corrected chi connectivity index (χ4v) is 3.43. The van der Waals surface area contributed by atoms with Gasteiger partial charge in [0.25, 0.3) is 5.91 Å². The molecule has 0 bridgehead atoms. The van der Waals surface area contributed by atoms with Crippen molar-refractivity contribution in [2.45, 2.75) is 18.9 Å². The van der Waals surface area contributed by atoms with Gasteiger partial charge in [0.2, 0.25) is 0 Å². The topological polar surface area (TPSA) is 64.4 Å². The minimum absolute atomic E-state index is 0.103. The van der Waals surface area contributed by atoms with Crippen LogP contribution in [-0.4, -0.2) is 25.2 Å². The van der Waals surface area contributed by atoms with Gasteiger partial charge in [-0.2, -0.15) is 0 Å². The molecule has 1 aromatic carbocycles. The molecule has 1 aliphatic heterocycles. The van der Waals surface area contributed by atoms with Crippen LogP contribution >= 0.6 is 11.3 Å². The van der Waals surface area contributed by atoms with Gasteiger partial charge in [0.05, 0.1) is 11.1 Å². The lowest BCUT2D eigenvalue weighted by atomic mass is 10.1. The van der Waals surface area contributed by atoms with E-state index in [-0.39, 0.29) is 23.5 Å². The number of rotatable bonds is 2. The van der Waals surface area contributed by atoms with E-state index >= 15 is 0 Å². The molecule has 2 heterocycles. The van der Waals surface area contributed by atoms with Crippen molar-refractivity contribution >= 4 is 33.0 Å². The number of nitrogens with one attached hydrogen (secondary N) is 1. The lowest BCUT2D eigenvalue weighted by Gasteiger charge is -2.22. The highest BCUT2D eigenvalue weighted by molar-refractivity contribution is 7.21. The van der Waals surface area contributed by atoms with Gasteiger partial charge < -0.3 is 15.8 Å². The fourth-order valence-electron chi connectivity index (χ4n) is 2.39. The van der Waals surface area contributed by atoms with Crippen LogP contribution in [0.1, 0.15) is 22.5 Å². The van der Waals surface area contributed by atoms with Gasteiger partial charge in [-0.05, 0) is 25.0 Å². The Kier molecular flexibility index (Phi) is 3.58. The van der Waals surface area contributed by atoms with Crippen molar-refractivity contribution < 1.29 is 13.9 Å². The number of hydrogen-bond acceptors (Lipinski definition) is 4. The number of ether oxygens (including phenoxy) is 1. The van der Waals surface area contributed by atoms with Crippen LogP contribution in [0.2, 0.25) is 0 Å². The number of nitrogen functional groups attached to an aromatic ring is 1. The van der Waals surface area contributed by atoms with Gasteiger partial charge in [0.15, 0.2) is 0 Å². The largest absolute Gasteiger partial charge is 0.397 e. The molecule has 0 spiro atoms. The summed E-state index contributed by atoms with van der Waals surface area (Å²) in [5.74, 6) is -0.614. The van der Waals surface area contributed by atoms with Crippen molar-refractivity contribution in [1.82, 2.24) is 5.32 Å². The first kappa shape index (κ1) is 13.3. The van der Waals surface area contributed by atoms with Gasteiger partial charge in [-0.3, -0.25) is 4.79 Å². The molecule has 20 heavy (non-hydrogen) atoms. The average Bonchev–Trinajstić information content (AvgIpc) is 2.79. The van der Waals surface area contributed by atoms with Crippen LogP contribution in [0.5, 0.6) is 0 Å². The van der Waals surface area contributed by atoms with Crippen molar-refractivity contribution in [2.75, 3.05) is 18.9 Å². The van der Waals surface area contributed by atoms with E-state index in [2.05, 4.69) is 5.32 Å². The summed E-state index contributed by atoms with van der Waals surface area (Å²) in [7, 11) is 0. The number of benzene rings is 1. The number of carbonyl (C=O) groups is 1. The summed E-state index contributed by atoms with van der Waals surface area (Å²) in [6, 6.07) is 4.84. The molecule has 1 aromatic heterocycles. The van der Waals surface area contributed by atoms with E-state index in [4.69, 9.17) is 10.5 Å². The lowest BCUT2D eigenvalue weighted by Crippen LogP contribution is -2.38. The third-order valence-corrected chi connectivity index (χ3v) is 4.63. The minimum atomic E-state index is -0.388.